The minimum Gasteiger partial charge on any atom is -0.486 e. The standard InChI is InChI=1S/C29H28F2N2O5/c30-21-9-7-19(8-10-21)18-3-5-20(6-4-18)26(34)29(36)32-23(17-33-13-1-2-14-33)27(35)22-11-12-24-28(25(22)31)38-16-15-37-24/h3-12,23,27,35H,1-2,13-17H2,(H,32,36)/t23-,27-/m1/s1. The molecule has 1 saturated heterocycles. The Labute approximate surface area is 219 Å². The quantitative estimate of drug-likeness (QED) is 0.345. The molecule has 0 unspecified atom stereocenters. The molecule has 3 aromatic rings. The summed E-state index contributed by atoms with van der Waals surface area (Å²) in [5.74, 6) is -2.60. The van der Waals surface area contributed by atoms with Crippen LogP contribution in [0, 0.1) is 11.6 Å². The summed E-state index contributed by atoms with van der Waals surface area (Å²) in [6, 6.07) is 14.3. The van der Waals surface area contributed by atoms with Crippen molar-refractivity contribution in [3.05, 3.63) is 83.4 Å². The van der Waals surface area contributed by atoms with Crippen LogP contribution in [0.1, 0.15) is 34.9 Å². The van der Waals surface area contributed by atoms with Crippen molar-refractivity contribution in [3.8, 4) is 22.6 Å². The Balaban J connectivity index is 1.34. The Morgan fingerprint density at radius 1 is 0.895 bits per heavy atom. The summed E-state index contributed by atoms with van der Waals surface area (Å²) in [5, 5.41) is 13.8. The van der Waals surface area contributed by atoms with Crippen LogP contribution in [0.15, 0.2) is 60.7 Å². The molecule has 2 aliphatic heterocycles. The van der Waals surface area contributed by atoms with Gasteiger partial charge in [0.1, 0.15) is 25.1 Å². The molecule has 0 aromatic heterocycles. The summed E-state index contributed by atoms with van der Waals surface area (Å²) in [6.07, 6.45) is 0.534. The molecule has 0 aliphatic carbocycles. The number of amides is 1. The molecule has 198 valence electrons. The minimum absolute atomic E-state index is 0.0464. The predicted octanol–water partition coefficient (Wildman–Crippen LogP) is 3.90. The van der Waals surface area contributed by atoms with E-state index in [1.165, 1.54) is 36.4 Å². The van der Waals surface area contributed by atoms with Gasteiger partial charge >= 0.3 is 0 Å². The summed E-state index contributed by atoms with van der Waals surface area (Å²) in [5.41, 5.74) is 1.65. The molecule has 9 heteroatoms. The van der Waals surface area contributed by atoms with Crippen LogP contribution in [0.5, 0.6) is 11.5 Å². The molecule has 2 heterocycles. The van der Waals surface area contributed by atoms with E-state index in [-0.39, 0.29) is 41.6 Å². The molecule has 0 saturated carbocycles. The van der Waals surface area contributed by atoms with Gasteiger partial charge in [0.2, 0.25) is 5.78 Å². The van der Waals surface area contributed by atoms with Gasteiger partial charge in [-0.25, -0.2) is 8.78 Å². The van der Waals surface area contributed by atoms with E-state index >= 15 is 4.39 Å². The lowest BCUT2D eigenvalue weighted by molar-refractivity contribution is -0.118. The second-order valence-electron chi connectivity index (χ2n) is 9.44. The van der Waals surface area contributed by atoms with Crippen LogP contribution in [0.3, 0.4) is 0 Å². The third-order valence-corrected chi connectivity index (χ3v) is 6.88. The number of aliphatic hydroxyl groups excluding tert-OH is 1. The molecule has 38 heavy (non-hydrogen) atoms. The fraction of sp³-hybridized carbons (Fsp3) is 0.310. The molecule has 5 rings (SSSR count). The molecule has 0 bridgehead atoms. The zero-order valence-electron chi connectivity index (χ0n) is 20.7. The Bertz CT molecular complexity index is 1310. The zero-order valence-corrected chi connectivity index (χ0v) is 20.7. The molecule has 0 radical (unpaired) electrons. The summed E-state index contributed by atoms with van der Waals surface area (Å²) in [6.45, 7) is 2.29. The number of rotatable bonds is 8. The summed E-state index contributed by atoms with van der Waals surface area (Å²) in [7, 11) is 0. The van der Waals surface area contributed by atoms with Gasteiger partial charge in [-0.05, 0) is 61.3 Å². The van der Waals surface area contributed by atoms with Crippen LogP contribution in [0.25, 0.3) is 11.1 Å². The van der Waals surface area contributed by atoms with Crippen molar-refractivity contribution < 1.29 is 33.0 Å². The molecule has 2 aliphatic rings. The fourth-order valence-corrected chi connectivity index (χ4v) is 4.83. The van der Waals surface area contributed by atoms with Crippen LogP contribution in [0.2, 0.25) is 0 Å². The topological polar surface area (TPSA) is 88.1 Å². The molecule has 1 amide bonds. The van der Waals surface area contributed by atoms with Crippen molar-refractivity contribution in [3.63, 3.8) is 0 Å². The first-order valence-electron chi connectivity index (χ1n) is 12.6. The Hall–Kier alpha value is -3.82. The second-order valence-corrected chi connectivity index (χ2v) is 9.44. The number of nitrogens with one attached hydrogen (secondary N) is 1. The Morgan fingerprint density at radius 2 is 1.53 bits per heavy atom. The maximum absolute atomic E-state index is 15.3. The number of carbonyl (C=O) groups excluding carboxylic acids is 2. The molecule has 1 fully saturated rings. The molecular formula is C29H28F2N2O5. The third kappa shape index (κ3) is 5.54. The van der Waals surface area contributed by atoms with Crippen LogP contribution < -0.4 is 14.8 Å². The van der Waals surface area contributed by atoms with E-state index in [1.807, 2.05) is 0 Å². The van der Waals surface area contributed by atoms with E-state index in [1.54, 1.807) is 24.3 Å². The average Bonchev–Trinajstić information content (AvgIpc) is 3.46. The minimum atomic E-state index is -1.43. The lowest BCUT2D eigenvalue weighted by Gasteiger charge is -2.29. The van der Waals surface area contributed by atoms with Crippen molar-refractivity contribution in [2.45, 2.75) is 25.0 Å². The number of nitrogens with zero attached hydrogens (tertiary/aromatic N) is 1. The van der Waals surface area contributed by atoms with E-state index in [4.69, 9.17) is 9.47 Å². The van der Waals surface area contributed by atoms with Crippen molar-refractivity contribution in [1.29, 1.82) is 0 Å². The van der Waals surface area contributed by atoms with Gasteiger partial charge in [-0.3, -0.25) is 9.59 Å². The predicted molar refractivity (Wildman–Crippen MR) is 136 cm³/mol. The molecule has 7 nitrogen and oxygen atoms in total. The molecule has 2 atom stereocenters. The van der Waals surface area contributed by atoms with Gasteiger partial charge in [0, 0.05) is 17.7 Å². The van der Waals surface area contributed by atoms with Crippen molar-refractivity contribution >= 4 is 11.7 Å². The van der Waals surface area contributed by atoms with E-state index in [0.717, 1.165) is 37.1 Å². The lowest BCUT2D eigenvalue weighted by Crippen LogP contribution is -2.48. The third-order valence-electron chi connectivity index (χ3n) is 6.88. The number of likely N-dealkylation sites (tertiary alicyclic amines) is 1. The van der Waals surface area contributed by atoms with Gasteiger partial charge in [0.15, 0.2) is 17.3 Å². The summed E-state index contributed by atoms with van der Waals surface area (Å²) in [4.78, 5) is 28.0. The van der Waals surface area contributed by atoms with Gasteiger partial charge in [-0.15, -0.1) is 0 Å². The van der Waals surface area contributed by atoms with Crippen molar-refractivity contribution in [2.24, 2.45) is 0 Å². The second kappa shape index (κ2) is 11.3. The van der Waals surface area contributed by atoms with E-state index in [9.17, 15) is 19.1 Å². The normalized spacial score (nSPS) is 16.6. The largest absolute Gasteiger partial charge is 0.486 e. The zero-order chi connectivity index (χ0) is 26.6. The monoisotopic (exact) mass is 522 g/mol. The van der Waals surface area contributed by atoms with Crippen LogP contribution >= 0.6 is 0 Å². The van der Waals surface area contributed by atoms with Gasteiger partial charge in [0.05, 0.1) is 6.04 Å². The highest BCUT2D eigenvalue weighted by Gasteiger charge is 2.32. The molecule has 2 N–H and O–H groups in total. The van der Waals surface area contributed by atoms with Gasteiger partial charge in [-0.1, -0.05) is 36.4 Å². The lowest BCUT2D eigenvalue weighted by atomic mass is 9.99. The number of ketones is 1. The van der Waals surface area contributed by atoms with E-state index < -0.39 is 29.7 Å². The number of carbonyl (C=O) groups is 2. The van der Waals surface area contributed by atoms with Gasteiger partial charge < -0.3 is 24.8 Å². The maximum atomic E-state index is 15.3. The SMILES string of the molecule is O=C(N[C@H](CN1CCCC1)[C@H](O)c1ccc2c(c1F)OCCO2)C(=O)c1ccc(-c2ccc(F)cc2)cc1. The number of ether oxygens (including phenoxy) is 2. The van der Waals surface area contributed by atoms with E-state index in [0.29, 0.717) is 6.61 Å². The number of hydrogen-bond donors (Lipinski definition) is 2. The van der Waals surface area contributed by atoms with Crippen LogP contribution in [0.4, 0.5) is 8.78 Å². The van der Waals surface area contributed by atoms with Crippen LogP contribution in [-0.2, 0) is 4.79 Å². The summed E-state index contributed by atoms with van der Waals surface area (Å²) < 4.78 is 39.3. The Morgan fingerprint density at radius 3 is 2.21 bits per heavy atom. The summed E-state index contributed by atoms with van der Waals surface area (Å²) >= 11 is 0. The molecule has 0 spiro atoms. The van der Waals surface area contributed by atoms with Gasteiger partial charge in [0.25, 0.3) is 5.91 Å². The smallest absolute Gasteiger partial charge is 0.292 e. The maximum Gasteiger partial charge on any atom is 0.292 e. The first kappa shape index (κ1) is 25.8. The number of Topliss-reactive ketones (excluding diaryl/α,β-unsaturated/α-hetero) is 1. The highest BCUT2D eigenvalue weighted by Crippen LogP contribution is 2.37. The molecular weight excluding hydrogens is 494 g/mol. The molecule has 3 aromatic carbocycles. The highest BCUT2D eigenvalue weighted by molar-refractivity contribution is 6.42. The first-order chi connectivity index (χ1) is 18.4. The number of hydrogen-bond acceptors (Lipinski definition) is 6. The van der Waals surface area contributed by atoms with Crippen molar-refractivity contribution in [1.82, 2.24) is 10.2 Å². The van der Waals surface area contributed by atoms with Crippen LogP contribution in [-0.4, -0.2) is 60.6 Å². The fourth-order valence-electron chi connectivity index (χ4n) is 4.83. The number of aliphatic hydroxyl groups is 1. The van der Waals surface area contributed by atoms with Gasteiger partial charge in [-0.2, -0.15) is 0 Å². The first-order valence-corrected chi connectivity index (χ1v) is 12.6. The van der Waals surface area contributed by atoms with E-state index in [2.05, 4.69) is 10.2 Å². The number of benzene rings is 3. The number of halogens is 2. The Kier molecular flexibility index (Phi) is 7.67. The average molecular weight is 523 g/mol. The highest BCUT2D eigenvalue weighted by atomic mass is 19.1. The van der Waals surface area contributed by atoms with Crippen molar-refractivity contribution in [2.75, 3.05) is 32.8 Å². The number of fused-ring (bicyclic) bond motifs is 1.